The van der Waals surface area contributed by atoms with Gasteiger partial charge in [0.2, 0.25) is 5.52 Å². The van der Waals surface area contributed by atoms with E-state index in [1.807, 2.05) is 0 Å². The molecule has 3 rings (SSSR count). The number of aromatic nitrogens is 1. The molecule has 0 radical (unpaired) electrons. The van der Waals surface area contributed by atoms with Gasteiger partial charge < -0.3 is 5.73 Å². The second-order valence-corrected chi connectivity index (χ2v) is 10.0. The van der Waals surface area contributed by atoms with Crippen LogP contribution in [0.2, 0.25) is 0 Å². The van der Waals surface area contributed by atoms with Crippen LogP contribution in [-0.4, -0.2) is 30.2 Å². The SMILES string of the molecule is NC(=O)c1cc2cccc(C(=O)P(F)P)c2n([C@@H]2C=CS(=O)(=O)C2)c1=O. The lowest BCUT2D eigenvalue weighted by molar-refractivity contribution is 0.0998. The highest BCUT2D eigenvalue weighted by Crippen LogP contribution is 2.49. The molecule has 1 amide bonds. The molecule has 11 heteroatoms. The van der Waals surface area contributed by atoms with E-state index in [0.717, 1.165) is 9.98 Å². The number of sulfone groups is 1. The van der Waals surface area contributed by atoms with Gasteiger partial charge in [0, 0.05) is 16.4 Å². The van der Waals surface area contributed by atoms with E-state index in [1.54, 1.807) is 8.93 Å². The number of nitrogens with zero attached hydrogens (tertiary/aromatic N) is 1. The van der Waals surface area contributed by atoms with Gasteiger partial charge in [-0.05, 0) is 18.2 Å². The van der Waals surface area contributed by atoms with Crippen LogP contribution in [0.1, 0.15) is 26.8 Å². The number of allylic oxidation sites excluding steroid dienone is 1. The Kier molecular flexibility index (Phi) is 4.82. The molecule has 2 N–H and O–H groups in total. The lowest BCUT2D eigenvalue weighted by atomic mass is 10.1. The molecule has 2 aromatic rings. The van der Waals surface area contributed by atoms with E-state index in [4.69, 9.17) is 5.73 Å². The summed E-state index contributed by atoms with van der Waals surface area (Å²) in [6.45, 7) is 0. The minimum absolute atomic E-state index is 0.0584. The Morgan fingerprint density at radius 2 is 2.00 bits per heavy atom. The Labute approximate surface area is 150 Å². The highest BCUT2D eigenvalue weighted by Gasteiger charge is 2.29. The predicted molar refractivity (Wildman–Crippen MR) is 101 cm³/mol. The van der Waals surface area contributed by atoms with E-state index >= 15 is 0 Å². The molecule has 2 heterocycles. The van der Waals surface area contributed by atoms with Crippen molar-refractivity contribution in [3.63, 3.8) is 0 Å². The molecule has 1 aromatic heterocycles. The van der Waals surface area contributed by atoms with Crippen LogP contribution >= 0.6 is 16.8 Å². The van der Waals surface area contributed by atoms with Crippen molar-refractivity contribution in [2.24, 2.45) is 5.73 Å². The number of amides is 1. The standard InChI is InChI=1S/C15H13FN2O5P2S/c16-25(24)15(21)10-3-1-2-8-6-11(13(17)19)14(20)18(12(8)10)9-4-5-26(22,23)7-9/h1-6,9H,7,24H2,(H2,17,19)/t9-,25?/m1/s1. The van der Waals surface area contributed by atoms with Crippen LogP contribution in [0.25, 0.3) is 10.9 Å². The number of hydrogen-bond donors (Lipinski definition) is 1. The average Bonchev–Trinajstić information content (AvgIpc) is 2.92. The van der Waals surface area contributed by atoms with Gasteiger partial charge in [-0.15, -0.1) is 0 Å². The molecule has 1 aromatic carbocycles. The van der Waals surface area contributed by atoms with Gasteiger partial charge in [0.1, 0.15) is 5.56 Å². The summed E-state index contributed by atoms with van der Waals surface area (Å²) < 4.78 is 38.3. The zero-order chi connectivity index (χ0) is 19.2. The first-order valence-electron chi connectivity index (χ1n) is 7.26. The molecule has 7 nitrogen and oxygen atoms in total. The summed E-state index contributed by atoms with van der Waals surface area (Å²) in [4.78, 5) is 36.7. The lowest BCUT2D eigenvalue weighted by Gasteiger charge is -2.18. The van der Waals surface area contributed by atoms with Crippen LogP contribution in [0.3, 0.4) is 0 Å². The molecule has 0 saturated heterocycles. The van der Waals surface area contributed by atoms with Gasteiger partial charge in [0.05, 0.1) is 17.3 Å². The first-order chi connectivity index (χ1) is 12.1. The number of nitrogens with two attached hydrogens (primary N) is 1. The average molecular weight is 414 g/mol. The first kappa shape index (κ1) is 18.8. The number of halogens is 1. The van der Waals surface area contributed by atoms with E-state index in [-0.39, 0.29) is 16.6 Å². The van der Waals surface area contributed by atoms with Gasteiger partial charge in [-0.25, -0.2) is 12.6 Å². The molecule has 0 bridgehead atoms. The van der Waals surface area contributed by atoms with Gasteiger partial charge in [-0.3, -0.25) is 19.0 Å². The predicted octanol–water partition coefficient (Wildman–Crippen LogP) is 1.88. The molecular weight excluding hydrogens is 401 g/mol. The van der Waals surface area contributed by atoms with E-state index in [9.17, 15) is 27.0 Å². The largest absolute Gasteiger partial charge is 0.365 e. The third-order valence-electron chi connectivity index (χ3n) is 3.99. The van der Waals surface area contributed by atoms with E-state index < -0.39 is 46.5 Å². The molecule has 26 heavy (non-hydrogen) atoms. The molecule has 0 saturated carbocycles. The number of carbonyl (C=O) groups is 2. The molecule has 2 unspecified atom stereocenters. The number of fused-ring (bicyclic) bond motifs is 1. The third-order valence-corrected chi connectivity index (χ3v) is 6.70. The van der Waals surface area contributed by atoms with Crippen molar-refractivity contribution < 1.29 is 22.2 Å². The minimum atomic E-state index is -3.53. The van der Waals surface area contributed by atoms with Crippen molar-refractivity contribution in [2.75, 3.05) is 5.75 Å². The maximum atomic E-state index is 13.7. The van der Waals surface area contributed by atoms with Crippen LogP contribution in [-0.2, 0) is 9.84 Å². The maximum absolute atomic E-state index is 13.7. The zero-order valence-electron chi connectivity index (χ0n) is 13.1. The van der Waals surface area contributed by atoms with E-state index in [1.165, 1.54) is 30.3 Å². The number of para-hydroxylation sites is 1. The number of rotatable bonds is 4. The number of primary amides is 1. The fourth-order valence-corrected chi connectivity index (χ4v) is 4.99. The van der Waals surface area contributed by atoms with Crippen molar-refractivity contribution in [1.82, 2.24) is 4.57 Å². The van der Waals surface area contributed by atoms with Gasteiger partial charge in [0.25, 0.3) is 11.5 Å². The fourth-order valence-electron chi connectivity index (χ4n) is 2.90. The summed E-state index contributed by atoms with van der Waals surface area (Å²) >= 11 is 0. The van der Waals surface area contributed by atoms with Crippen LogP contribution in [0.15, 0.2) is 40.5 Å². The van der Waals surface area contributed by atoms with Crippen molar-refractivity contribution >= 4 is 49.0 Å². The summed E-state index contributed by atoms with van der Waals surface area (Å²) in [5.74, 6) is -1.39. The molecule has 1 aliphatic rings. The summed E-state index contributed by atoms with van der Waals surface area (Å²) in [6, 6.07) is 4.67. The van der Waals surface area contributed by atoms with Crippen LogP contribution in [0.5, 0.6) is 0 Å². The number of pyridine rings is 1. The lowest BCUT2D eigenvalue weighted by Crippen LogP contribution is -2.33. The molecule has 0 aliphatic carbocycles. The maximum Gasteiger partial charge on any atom is 0.264 e. The van der Waals surface area contributed by atoms with Crippen molar-refractivity contribution in [2.45, 2.75) is 6.04 Å². The first-order valence-corrected chi connectivity index (χ1v) is 11.8. The summed E-state index contributed by atoms with van der Waals surface area (Å²) in [7, 11) is -4.28. The molecule has 1 aliphatic heterocycles. The highest BCUT2D eigenvalue weighted by atomic mass is 32.2. The minimum Gasteiger partial charge on any atom is -0.365 e. The Bertz CT molecular complexity index is 1140. The van der Waals surface area contributed by atoms with Crippen LogP contribution in [0, 0.1) is 0 Å². The monoisotopic (exact) mass is 414 g/mol. The normalized spacial score (nSPS) is 19.5. The summed E-state index contributed by atoms with van der Waals surface area (Å²) in [5.41, 5.74) is 3.29. The van der Waals surface area contributed by atoms with E-state index in [2.05, 4.69) is 0 Å². The van der Waals surface area contributed by atoms with E-state index in [0.29, 0.717) is 5.39 Å². The Morgan fingerprint density at radius 3 is 2.54 bits per heavy atom. The molecular formula is C15H13FN2O5P2S. The third kappa shape index (κ3) is 3.22. The second kappa shape index (κ2) is 6.65. The van der Waals surface area contributed by atoms with Gasteiger partial charge in [0.15, 0.2) is 17.8 Å². The smallest absolute Gasteiger partial charge is 0.264 e. The van der Waals surface area contributed by atoms with Crippen LogP contribution < -0.4 is 11.3 Å². The zero-order valence-corrected chi connectivity index (χ0v) is 16.0. The Hall–Kier alpha value is -1.95. The fraction of sp³-hybridized carbons (Fsp3) is 0.133. The van der Waals surface area contributed by atoms with Crippen molar-refractivity contribution in [3.8, 4) is 0 Å². The van der Waals surface area contributed by atoms with Crippen molar-refractivity contribution in [1.29, 1.82) is 0 Å². The topological polar surface area (TPSA) is 116 Å². The van der Waals surface area contributed by atoms with Gasteiger partial charge in [-0.2, -0.15) is 0 Å². The quantitative estimate of drug-likeness (QED) is 0.767. The number of benzene rings is 1. The second-order valence-electron chi connectivity index (χ2n) is 5.68. The Morgan fingerprint density at radius 1 is 1.31 bits per heavy atom. The molecule has 136 valence electrons. The van der Waals surface area contributed by atoms with Gasteiger partial charge in [-0.1, -0.05) is 21.1 Å². The number of carbonyl (C=O) groups excluding carboxylic acids is 2. The summed E-state index contributed by atoms with van der Waals surface area (Å²) in [6.07, 6.45) is 1.29. The molecule has 3 atom stereocenters. The highest BCUT2D eigenvalue weighted by molar-refractivity contribution is 8.19. The molecule has 0 spiro atoms. The summed E-state index contributed by atoms with van der Waals surface area (Å²) in [5, 5.41) is 1.28. The molecule has 0 fully saturated rings. The number of hydrogen-bond acceptors (Lipinski definition) is 5. The van der Waals surface area contributed by atoms with Gasteiger partial charge >= 0.3 is 0 Å². The van der Waals surface area contributed by atoms with Crippen LogP contribution in [0.4, 0.5) is 4.20 Å². The van der Waals surface area contributed by atoms with Crippen molar-refractivity contribution in [3.05, 3.63) is 57.2 Å². The Balaban J connectivity index is 2.44.